The van der Waals surface area contributed by atoms with Crippen molar-refractivity contribution in [3.63, 3.8) is 0 Å². The first kappa shape index (κ1) is 15.1. The molecule has 4 heterocycles. The number of pyridine rings is 1. The van der Waals surface area contributed by atoms with Crippen molar-refractivity contribution in [1.29, 1.82) is 0 Å². The normalized spacial score (nSPS) is 17.2. The number of nitrogens with one attached hydrogen (secondary N) is 1. The lowest BCUT2D eigenvalue weighted by Gasteiger charge is -2.25. The van der Waals surface area contributed by atoms with Gasteiger partial charge in [0.2, 0.25) is 0 Å². The summed E-state index contributed by atoms with van der Waals surface area (Å²) in [7, 11) is 0. The van der Waals surface area contributed by atoms with Crippen LogP contribution in [0.5, 0.6) is 5.75 Å². The zero-order valence-corrected chi connectivity index (χ0v) is 14.2. The number of nitrogens with zero attached hydrogens (tertiary/aromatic N) is 5. The fourth-order valence-corrected chi connectivity index (χ4v) is 3.64. The molecule has 3 aromatic heterocycles. The average Bonchev–Trinajstić information content (AvgIpc) is 3.35. The lowest BCUT2D eigenvalue weighted by Crippen LogP contribution is -2.35. The molecule has 0 bridgehead atoms. The molecule has 0 radical (unpaired) electrons. The molecule has 1 N–H and O–H groups in total. The summed E-state index contributed by atoms with van der Waals surface area (Å²) in [4.78, 5) is 22.7. The average molecular weight is 346 g/mol. The van der Waals surface area contributed by atoms with Crippen molar-refractivity contribution in [2.75, 3.05) is 18.1 Å². The van der Waals surface area contributed by atoms with Crippen molar-refractivity contribution in [3.8, 4) is 5.75 Å². The highest BCUT2D eigenvalue weighted by Gasteiger charge is 2.28. The van der Waals surface area contributed by atoms with Gasteiger partial charge in [-0.3, -0.25) is 4.98 Å². The molecule has 1 saturated heterocycles. The van der Waals surface area contributed by atoms with Gasteiger partial charge in [-0.2, -0.15) is 0 Å². The summed E-state index contributed by atoms with van der Waals surface area (Å²) >= 11 is 0. The number of anilines is 1. The van der Waals surface area contributed by atoms with Gasteiger partial charge >= 0.3 is 0 Å². The molecule has 0 aliphatic carbocycles. The van der Waals surface area contributed by atoms with Crippen LogP contribution in [-0.2, 0) is 0 Å². The first-order chi connectivity index (χ1) is 12.9. The summed E-state index contributed by atoms with van der Waals surface area (Å²) in [5.74, 6) is 1.70. The molecule has 0 saturated carbocycles. The number of imidazole rings is 1. The van der Waals surface area contributed by atoms with Crippen molar-refractivity contribution in [2.24, 2.45) is 0 Å². The van der Waals surface area contributed by atoms with Crippen molar-refractivity contribution in [3.05, 3.63) is 49.3 Å². The van der Waals surface area contributed by atoms with Crippen LogP contribution >= 0.6 is 0 Å². The van der Waals surface area contributed by atoms with Gasteiger partial charge in [0.1, 0.15) is 24.2 Å². The molecule has 7 heteroatoms. The summed E-state index contributed by atoms with van der Waals surface area (Å²) in [5, 5.41) is 2.17. The highest BCUT2D eigenvalue weighted by molar-refractivity contribution is 5.87. The number of benzene rings is 1. The van der Waals surface area contributed by atoms with Crippen LogP contribution < -0.4 is 9.64 Å². The predicted octanol–water partition coefficient (Wildman–Crippen LogP) is 2.95. The van der Waals surface area contributed by atoms with E-state index in [0.717, 1.165) is 52.9 Å². The van der Waals surface area contributed by atoms with E-state index in [9.17, 15) is 0 Å². The first-order valence-electron chi connectivity index (χ1n) is 8.76. The van der Waals surface area contributed by atoms with Crippen molar-refractivity contribution < 1.29 is 4.74 Å². The SMILES string of the molecule is c1ccc2c(OCC3CCCN3c3ncnc4[nH]cnc34)cncc2c1. The second-order valence-corrected chi connectivity index (χ2v) is 6.46. The molecule has 1 unspecified atom stereocenters. The highest BCUT2D eigenvalue weighted by atomic mass is 16.5. The van der Waals surface area contributed by atoms with Gasteiger partial charge in [-0.05, 0) is 12.8 Å². The smallest absolute Gasteiger partial charge is 0.162 e. The zero-order valence-electron chi connectivity index (χ0n) is 14.2. The lowest BCUT2D eigenvalue weighted by atomic mass is 10.1. The van der Waals surface area contributed by atoms with Gasteiger partial charge in [-0.1, -0.05) is 24.3 Å². The Balaban J connectivity index is 1.40. The number of ether oxygens (including phenoxy) is 1. The Kier molecular flexibility index (Phi) is 3.62. The Morgan fingerprint density at radius 2 is 2.12 bits per heavy atom. The number of hydrogen-bond acceptors (Lipinski definition) is 6. The number of fused-ring (bicyclic) bond motifs is 2. The van der Waals surface area contributed by atoms with Gasteiger partial charge in [0.25, 0.3) is 0 Å². The highest BCUT2D eigenvalue weighted by Crippen LogP contribution is 2.29. The van der Waals surface area contributed by atoms with Gasteiger partial charge in [-0.15, -0.1) is 0 Å². The van der Waals surface area contributed by atoms with Gasteiger partial charge < -0.3 is 14.6 Å². The number of aromatic nitrogens is 5. The minimum absolute atomic E-state index is 0.253. The third-order valence-corrected chi connectivity index (χ3v) is 4.91. The molecule has 1 aromatic carbocycles. The second kappa shape index (κ2) is 6.25. The van der Waals surface area contributed by atoms with Gasteiger partial charge in [-0.25, -0.2) is 15.0 Å². The van der Waals surface area contributed by atoms with Crippen LogP contribution in [0.3, 0.4) is 0 Å². The first-order valence-corrected chi connectivity index (χ1v) is 8.76. The van der Waals surface area contributed by atoms with Crippen LogP contribution in [-0.4, -0.2) is 44.1 Å². The molecular formula is C19H18N6O. The summed E-state index contributed by atoms with van der Waals surface area (Å²) < 4.78 is 6.17. The molecule has 1 aliphatic rings. The standard InChI is InChI=1S/C19H18N6O/c1-2-6-15-13(4-1)8-20-9-16(15)26-10-14-5-3-7-25(14)19-17-18(22-11-21-17)23-12-24-19/h1-2,4,6,8-9,11-12,14H,3,5,7,10H2,(H,21,22,23,24). The van der Waals surface area contributed by atoms with E-state index in [-0.39, 0.29) is 6.04 Å². The Morgan fingerprint density at radius 3 is 3.12 bits per heavy atom. The largest absolute Gasteiger partial charge is 0.489 e. The van der Waals surface area contributed by atoms with Crippen molar-refractivity contribution >= 4 is 27.8 Å². The van der Waals surface area contributed by atoms with E-state index in [1.165, 1.54) is 0 Å². The number of rotatable bonds is 4. The lowest BCUT2D eigenvalue weighted by molar-refractivity contribution is 0.290. The molecule has 5 rings (SSSR count). The summed E-state index contributed by atoms with van der Waals surface area (Å²) in [5.41, 5.74) is 1.58. The molecule has 130 valence electrons. The number of hydrogen-bond donors (Lipinski definition) is 1. The molecule has 1 atom stereocenters. The fraction of sp³-hybridized carbons (Fsp3) is 0.263. The maximum atomic E-state index is 6.17. The molecule has 4 aromatic rings. The molecule has 0 amide bonds. The predicted molar refractivity (Wildman–Crippen MR) is 99.3 cm³/mol. The van der Waals surface area contributed by atoms with E-state index in [2.05, 4.69) is 35.9 Å². The third-order valence-electron chi connectivity index (χ3n) is 4.91. The summed E-state index contributed by atoms with van der Waals surface area (Å²) in [6.45, 7) is 1.53. The maximum absolute atomic E-state index is 6.17. The van der Waals surface area contributed by atoms with Crippen molar-refractivity contribution in [1.82, 2.24) is 24.9 Å². The van der Waals surface area contributed by atoms with Crippen LogP contribution in [0.15, 0.2) is 49.3 Å². The number of aromatic amines is 1. The number of H-pyrrole nitrogens is 1. The summed E-state index contributed by atoms with van der Waals surface area (Å²) in [6, 6.07) is 8.40. The Hall–Kier alpha value is -3.22. The van der Waals surface area contributed by atoms with Gasteiger partial charge in [0.15, 0.2) is 11.5 Å². The van der Waals surface area contributed by atoms with E-state index < -0.39 is 0 Å². The second-order valence-electron chi connectivity index (χ2n) is 6.46. The Labute approximate surface area is 150 Å². The third kappa shape index (κ3) is 2.52. The molecular weight excluding hydrogens is 328 g/mol. The van der Waals surface area contributed by atoms with Crippen LogP contribution in [0, 0.1) is 0 Å². The van der Waals surface area contributed by atoms with Crippen LogP contribution in [0.4, 0.5) is 5.82 Å². The van der Waals surface area contributed by atoms with Crippen LogP contribution in [0.25, 0.3) is 21.9 Å². The van der Waals surface area contributed by atoms with E-state index in [0.29, 0.717) is 6.61 Å². The van der Waals surface area contributed by atoms with Gasteiger partial charge in [0, 0.05) is 23.5 Å². The topological polar surface area (TPSA) is 79.8 Å². The molecule has 1 aliphatic heterocycles. The van der Waals surface area contributed by atoms with Crippen molar-refractivity contribution in [2.45, 2.75) is 18.9 Å². The Bertz CT molecular complexity index is 1060. The quantitative estimate of drug-likeness (QED) is 0.612. The summed E-state index contributed by atoms with van der Waals surface area (Å²) in [6.07, 6.45) is 9.07. The molecule has 0 spiro atoms. The van der Waals surface area contributed by atoms with E-state index >= 15 is 0 Å². The van der Waals surface area contributed by atoms with Crippen LogP contribution in [0.1, 0.15) is 12.8 Å². The molecule has 1 fully saturated rings. The van der Waals surface area contributed by atoms with E-state index in [1.807, 2.05) is 24.4 Å². The monoisotopic (exact) mass is 346 g/mol. The molecule has 26 heavy (non-hydrogen) atoms. The maximum Gasteiger partial charge on any atom is 0.162 e. The van der Waals surface area contributed by atoms with E-state index in [4.69, 9.17) is 4.74 Å². The molecule has 7 nitrogen and oxygen atoms in total. The Morgan fingerprint density at radius 1 is 1.15 bits per heavy atom. The van der Waals surface area contributed by atoms with Gasteiger partial charge in [0.05, 0.1) is 18.6 Å². The minimum Gasteiger partial charge on any atom is -0.489 e. The fourth-order valence-electron chi connectivity index (χ4n) is 3.64. The van der Waals surface area contributed by atoms with E-state index in [1.54, 1.807) is 18.9 Å². The zero-order chi connectivity index (χ0) is 17.3. The van der Waals surface area contributed by atoms with Crippen LogP contribution in [0.2, 0.25) is 0 Å². The minimum atomic E-state index is 0.253.